The molecule has 2 heterocycles. The van der Waals surface area contributed by atoms with E-state index in [1.165, 1.54) is 4.90 Å². The Morgan fingerprint density at radius 3 is 2.62 bits per heavy atom. The molecule has 3 amide bonds. The number of nitrogens with one attached hydrogen (secondary N) is 1. The first kappa shape index (κ1) is 20.0. The van der Waals surface area contributed by atoms with Gasteiger partial charge >= 0.3 is 6.03 Å². The summed E-state index contributed by atoms with van der Waals surface area (Å²) in [6.07, 6.45) is 3.90. The summed E-state index contributed by atoms with van der Waals surface area (Å²) in [7, 11) is 0. The molecule has 1 aromatic rings. The second-order valence-corrected chi connectivity index (χ2v) is 8.43. The molecule has 7 heteroatoms. The van der Waals surface area contributed by atoms with Gasteiger partial charge in [0.1, 0.15) is 11.3 Å². The lowest BCUT2D eigenvalue weighted by atomic mass is 9.73. The highest BCUT2D eigenvalue weighted by atomic mass is 16.5. The summed E-state index contributed by atoms with van der Waals surface area (Å²) in [6, 6.07) is 7.88. The number of urea groups is 1. The monoisotopic (exact) mass is 400 g/mol. The molecule has 1 aliphatic carbocycles. The van der Waals surface area contributed by atoms with Gasteiger partial charge in [-0.2, -0.15) is 0 Å². The Balaban J connectivity index is 1.38. The van der Waals surface area contributed by atoms with Crippen LogP contribution < -0.4 is 15.0 Å². The van der Waals surface area contributed by atoms with Gasteiger partial charge in [-0.05, 0) is 37.8 Å². The highest BCUT2D eigenvalue weighted by Crippen LogP contribution is 2.38. The third kappa shape index (κ3) is 3.68. The molecule has 2 atom stereocenters. The molecule has 4 rings (SSSR count). The number of carbonyl (C=O) groups excluding carboxylic acids is 2. The zero-order valence-corrected chi connectivity index (χ0v) is 17.5. The van der Waals surface area contributed by atoms with E-state index in [1.807, 2.05) is 25.1 Å². The molecule has 1 aromatic carbocycles. The number of benzene rings is 1. The van der Waals surface area contributed by atoms with E-state index in [9.17, 15) is 9.59 Å². The van der Waals surface area contributed by atoms with Crippen molar-refractivity contribution >= 4 is 17.6 Å². The van der Waals surface area contributed by atoms with Crippen molar-refractivity contribution < 1.29 is 14.3 Å². The van der Waals surface area contributed by atoms with Crippen LogP contribution in [0.3, 0.4) is 0 Å². The zero-order chi connectivity index (χ0) is 20.4. The molecule has 0 unspecified atom stereocenters. The van der Waals surface area contributed by atoms with Crippen LogP contribution in [0, 0.1) is 5.92 Å². The van der Waals surface area contributed by atoms with Crippen LogP contribution in [-0.2, 0) is 4.79 Å². The lowest BCUT2D eigenvalue weighted by Crippen LogP contribution is -2.55. The van der Waals surface area contributed by atoms with E-state index in [2.05, 4.69) is 28.1 Å². The van der Waals surface area contributed by atoms with Gasteiger partial charge in [-0.3, -0.25) is 9.69 Å². The first-order valence-corrected chi connectivity index (χ1v) is 10.9. The summed E-state index contributed by atoms with van der Waals surface area (Å²) in [5.74, 6) is 1.08. The van der Waals surface area contributed by atoms with Gasteiger partial charge in [0.25, 0.3) is 5.91 Å². The quantitative estimate of drug-likeness (QED) is 0.770. The van der Waals surface area contributed by atoms with Gasteiger partial charge in [-0.15, -0.1) is 0 Å². The van der Waals surface area contributed by atoms with Crippen molar-refractivity contribution in [3.05, 3.63) is 24.3 Å². The number of carbonyl (C=O) groups is 2. The van der Waals surface area contributed by atoms with Crippen LogP contribution in [0.25, 0.3) is 0 Å². The topological polar surface area (TPSA) is 65.1 Å². The van der Waals surface area contributed by atoms with Crippen LogP contribution >= 0.6 is 0 Å². The molecule has 29 heavy (non-hydrogen) atoms. The third-order valence-corrected chi connectivity index (χ3v) is 6.72. The normalized spacial score (nSPS) is 28.1. The Kier molecular flexibility index (Phi) is 5.67. The lowest BCUT2D eigenvalue weighted by molar-refractivity contribution is -0.135. The Morgan fingerprint density at radius 2 is 1.90 bits per heavy atom. The Hall–Kier alpha value is -2.28. The molecular formula is C22H32N4O3. The Morgan fingerprint density at radius 1 is 1.14 bits per heavy atom. The van der Waals surface area contributed by atoms with Crippen molar-refractivity contribution in [2.75, 3.05) is 44.4 Å². The van der Waals surface area contributed by atoms with Crippen molar-refractivity contribution in [2.45, 2.75) is 45.1 Å². The third-order valence-electron chi connectivity index (χ3n) is 6.72. The molecule has 158 valence electrons. The van der Waals surface area contributed by atoms with Crippen molar-refractivity contribution in [3.8, 4) is 5.75 Å². The van der Waals surface area contributed by atoms with Crippen molar-refractivity contribution in [3.63, 3.8) is 0 Å². The minimum absolute atomic E-state index is 0.0289. The maximum atomic E-state index is 13.2. The first-order valence-electron chi connectivity index (χ1n) is 10.9. The van der Waals surface area contributed by atoms with Crippen LogP contribution in [0.15, 0.2) is 24.3 Å². The molecule has 1 saturated carbocycles. The molecular weight excluding hydrogens is 368 g/mol. The largest absolute Gasteiger partial charge is 0.492 e. The fourth-order valence-corrected chi connectivity index (χ4v) is 4.95. The second kappa shape index (κ2) is 8.22. The van der Waals surface area contributed by atoms with E-state index in [-0.39, 0.29) is 17.9 Å². The SMILES string of the molecule is CCOc1ccccc1N1CCN(CN2C(=O)N[C@]3(CCCC[C@H]3C)C2=O)CC1. The summed E-state index contributed by atoms with van der Waals surface area (Å²) in [5.41, 5.74) is 0.437. The van der Waals surface area contributed by atoms with E-state index >= 15 is 0 Å². The molecule has 3 aliphatic rings. The average Bonchev–Trinajstić information content (AvgIpc) is 2.96. The average molecular weight is 401 g/mol. The Bertz CT molecular complexity index is 762. The zero-order valence-electron chi connectivity index (χ0n) is 17.5. The number of hydrogen-bond donors (Lipinski definition) is 1. The Labute approximate surface area is 173 Å². The smallest absolute Gasteiger partial charge is 0.326 e. The van der Waals surface area contributed by atoms with Gasteiger partial charge in [0.2, 0.25) is 0 Å². The minimum atomic E-state index is -0.673. The molecule has 2 aliphatic heterocycles. The number of anilines is 1. The summed E-state index contributed by atoms with van der Waals surface area (Å²) in [5, 5.41) is 3.05. The maximum absolute atomic E-state index is 13.2. The van der Waals surface area contributed by atoms with Crippen LogP contribution in [0.1, 0.15) is 39.5 Å². The van der Waals surface area contributed by atoms with Gasteiger partial charge in [0.15, 0.2) is 0 Å². The van der Waals surface area contributed by atoms with Crippen molar-refractivity contribution in [1.29, 1.82) is 0 Å². The summed E-state index contributed by atoms with van der Waals surface area (Å²) in [6.45, 7) is 8.40. The molecule has 0 bridgehead atoms. The minimum Gasteiger partial charge on any atom is -0.492 e. The second-order valence-electron chi connectivity index (χ2n) is 8.43. The van der Waals surface area contributed by atoms with E-state index < -0.39 is 5.54 Å². The van der Waals surface area contributed by atoms with Crippen LogP contribution in [-0.4, -0.2) is 66.7 Å². The highest BCUT2D eigenvalue weighted by molar-refractivity contribution is 6.07. The predicted molar refractivity (Wildman–Crippen MR) is 112 cm³/mol. The fraction of sp³-hybridized carbons (Fsp3) is 0.636. The molecule has 0 aromatic heterocycles. The molecule has 7 nitrogen and oxygen atoms in total. The number of ether oxygens (including phenoxy) is 1. The molecule has 3 fully saturated rings. The standard InChI is InChI=1S/C22H32N4O3/c1-3-29-19-10-5-4-9-18(19)25-14-12-24(13-15-25)16-26-20(27)22(23-21(26)28)11-7-6-8-17(22)2/h4-5,9-10,17H,3,6-8,11-16H2,1-2H3,(H,23,28)/t17-,22+/m1/s1. The van der Waals surface area contributed by atoms with E-state index in [1.54, 1.807) is 0 Å². The van der Waals surface area contributed by atoms with Crippen molar-refractivity contribution in [1.82, 2.24) is 15.1 Å². The van der Waals surface area contributed by atoms with Gasteiger partial charge < -0.3 is 15.0 Å². The highest BCUT2D eigenvalue weighted by Gasteiger charge is 2.55. The summed E-state index contributed by atoms with van der Waals surface area (Å²) < 4.78 is 5.77. The maximum Gasteiger partial charge on any atom is 0.326 e. The number of piperazine rings is 1. The van der Waals surface area contributed by atoms with Gasteiger partial charge in [0, 0.05) is 26.2 Å². The van der Waals surface area contributed by atoms with Gasteiger partial charge in [-0.25, -0.2) is 9.69 Å². The molecule has 1 spiro atoms. The van der Waals surface area contributed by atoms with Crippen LogP contribution in [0.5, 0.6) is 5.75 Å². The number of nitrogens with zero attached hydrogens (tertiary/aromatic N) is 3. The van der Waals surface area contributed by atoms with E-state index in [0.717, 1.165) is 63.3 Å². The molecule has 2 saturated heterocycles. The number of imide groups is 1. The van der Waals surface area contributed by atoms with E-state index in [0.29, 0.717) is 13.3 Å². The molecule has 1 N–H and O–H groups in total. The number of amides is 3. The number of rotatable bonds is 5. The number of hydrogen-bond acceptors (Lipinski definition) is 5. The molecule has 0 radical (unpaired) electrons. The van der Waals surface area contributed by atoms with Gasteiger partial charge in [-0.1, -0.05) is 31.9 Å². The summed E-state index contributed by atoms with van der Waals surface area (Å²) >= 11 is 0. The van der Waals surface area contributed by atoms with Crippen LogP contribution in [0.4, 0.5) is 10.5 Å². The first-order chi connectivity index (χ1) is 14.0. The van der Waals surface area contributed by atoms with E-state index in [4.69, 9.17) is 4.74 Å². The number of para-hydroxylation sites is 2. The van der Waals surface area contributed by atoms with Crippen molar-refractivity contribution in [2.24, 2.45) is 5.92 Å². The fourth-order valence-electron chi connectivity index (χ4n) is 4.95. The lowest BCUT2D eigenvalue weighted by Gasteiger charge is -2.39. The predicted octanol–water partition coefficient (Wildman–Crippen LogP) is 2.67. The summed E-state index contributed by atoms with van der Waals surface area (Å²) in [4.78, 5) is 31.7. The van der Waals surface area contributed by atoms with Crippen LogP contribution in [0.2, 0.25) is 0 Å². The van der Waals surface area contributed by atoms with Gasteiger partial charge in [0.05, 0.1) is 19.0 Å².